The van der Waals surface area contributed by atoms with Crippen molar-refractivity contribution < 1.29 is 23.7 Å². The van der Waals surface area contributed by atoms with Crippen LogP contribution < -0.4 is 0 Å². The van der Waals surface area contributed by atoms with Crippen LogP contribution in [0, 0.1) is 10.1 Å². The average Bonchev–Trinajstić information content (AvgIpc) is 3.50. The lowest BCUT2D eigenvalue weighted by Crippen LogP contribution is -2.48. The van der Waals surface area contributed by atoms with Crippen molar-refractivity contribution in [2.24, 2.45) is 0 Å². The maximum absolute atomic E-state index is 13.4. The summed E-state index contributed by atoms with van der Waals surface area (Å²) in [7, 11) is 0. The van der Waals surface area contributed by atoms with Crippen molar-refractivity contribution in [1.82, 2.24) is 9.80 Å². The molecule has 9 nitrogen and oxygen atoms in total. The van der Waals surface area contributed by atoms with Crippen molar-refractivity contribution >= 4 is 29.1 Å². The van der Waals surface area contributed by atoms with Crippen molar-refractivity contribution in [2.75, 3.05) is 19.7 Å². The van der Waals surface area contributed by atoms with Crippen LogP contribution >= 0.6 is 11.6 Å². The Hall–Kier alpha value is -2.91. The van der Waals surface area contributed by atoms with Crippen molar-refractivity contribution in [2.45, 2.75) is 51.8 Å². The van der Waals surface area contributed by atoms with Gasteiger partial charge in [0, 0.05) is 31.3 Å². The second-order valence-corrected chi connectivity index (χ2v) is 8.51. The third-order valence-electron chi connectivity index (χ3n) is 5.81. The Morgan fingerprint density at radius 1 is 1.33 bits per heavy atom. The van der Waals surface area contributed by atoms with Gasteiger partial charge in [0.2, 0.25) is 5.91 Å². The molecule has 10 heteroatoms. The number of benzene rings is 1. The van der Waals surface area contributed by atoms with E-state index < -0.39 is 10.8 Å². The van der Waals surface area contributed by atoms with Crippen LogP contribution in [-0.4, -0.2) is 58.4 Å². The number of carbonyl (C=O) groups excluding carboxylic acids is 2. The van der Waals surface area contributed by atoms with E-state index in [2.05, 4.69) is 0 Å². The normalized spacial score (nSPS) is 16.4. The predicted octanol–water partition coefficient (Wildman–Crippen LogP) is 4.29. The van der Waals surface area contributed by atoms with E-state index in [1.54, 1.807) is 23.3 Å². The standard InChI is InChI=1S/C23H28ClN3O6/c1-3-16(2)26(23(29)20-9-8-17(27(30)31)12-21(20)24)15-22(28)25(13-18-6-4-10-32-18)14-19-7-5-11-33-19/h4,6,8-10,12,16,19H,3,5,7,11,13-15H2,1-2H3/t16-,19-/m0/s1. The average molecular weight is 478 g/mol. The zero-order chi connectivity index (χ0) is 24.0. The highest BCUT2D eigenvalue weighted by Crippen LogP contribution is 2.25. The fourth-order valence-electron chi connectivity index (χ4n) is 3.72. The molecule has 1 fully saturated rings. The van der Waals surface area contributed by atoms with Crippen molar-refractivity contribution in [3.8, 4) is 0 Å². The molecular formula is C23H28ClN3O6. The van der Waals surface area contributed by atoms with E-state index >= 15 is 0 Å². The first kappa shape index (κ1) is 24.7. The Balaban J connectivity index is 1.81. The highest BCUT2D eigenvalue weighted by molar-refractivity contribution is 6.34. The molecule has 1 aromatic carbocycles. The highest BCUT2D eigenvalue weighted by Gasteiger charge is 2.29. The zero-order valence-corrected chi connectivity index (χ0v) is 19.5. The smallest absolute Gasteiger partial charge is 0.270 e. The first-order valence-corrected chi connectivity index (χ1v) is 11.3. The molecule has 2 atom stereocenters. The van der Waals surface area contributed by atoms with Crippen LogP contribution in [0.3, 0.4) is 0 Å². The Morgan fingerprint density at radius 2 is 2.12 bits per heavy atom. The van der Waals surface area contributed by atoms with Gasteiger partial charge in [0.1, 0.15) is 12.3 Å². The Kier molecular flexibility index (Phi) is 8.46. The van der Waals surface area contributed by atoms with Crippen LogP contribution in [-0.2, 0) is 16.1 Å². The molecule has 1 aliphatic heterocycles. The second-order valence-electron chi connectivity index (χ2n) is 8.10. The van der Waals surface area contributed by atoms with Gasteiger partial charge in [-0.15, -0.1) is 0 Å². The lowest BCUT2D eigenvalue weighted by Gasteiger charge is -2.32. The minimum Gasteiger partial charge on any atom is -0.467 e. The van der Waals surface area contributed by atoms with E-state index in [1.807, 2.05) is 13.8 Å². The molecule has 1 aromatic heterocycles. The fourth-order valence-corrected chi connectivity index (χ4v) is 3.97. The number of nitro groups is 1. The summed E-state index contributed by atoms with van der Waals surface area (Å²) < 4.78 is 11.1. The third kappa shape index (κ3) is 6.33. The first-order valence-electron chi connectivity index (χ1n) is 11.0. The zero-order valence-electron chi connectivity index (χ0n) is 18.7. The lowest BCUT2D eigenvalue weighted by molar-refractivity contribution is -0.384. The summed E-state index contributed by atoms with van der Waals surface area (Å²) in [6.45, 7) is 4.95. The van der Waals surface area contributed by atoms with Gasteiger partial charge in [0.05, 0.1) is 34.4 Å². The molecule has 0 saturated carbocycles. The van der Waals surface area contributed by atoms with E-state index in [4.69, 9.17) is 20.8 Å². The molecule has 33 heavy (non-hydrogen) atoms. The molecule has 2 heterocycles. The van der Waals surface area contributed by atoms with Gasteiger partial charge in [-0.25, -0.2) is 0 Å². The summed E-state index contributed by atoms with van der Waals surface area (Å²) in [4.78, 5) is 40.2. The van der Waals surface area contributed by atoms with Gasteiger partial charge in [-0.05, 0) is 44.4 Å². The summed E-state index contributed by atoms with van der Waals surface area (Å²) in [6.07, 6.45) is 3.93. The number of hydrogen-bond donors (Lipinski definition) is 0. The van der Waals surface area contributed by atoms with Gasteiger partial charge in [0.25, 0.3) is 11.6 Å². The van der Waals surface area contributed by atoms with Crippen molar-refractivity contribution in [3.05, 3.63) is 63.1 Å². The molecule has 1 saturated heterocycles. The summed E-state index contributed by atoms with van der Waals surface area (Å²) in [5.41, 5.74) is -0.0871. The van der Waals surface area contributed by atoms with E-state index in [1.165, 1.54) is 17.0 Å². The van der Waals surface area contributed by atoms with Crippen LogP contribution in [0.5, 0.6) is 0 Å². The molecule has 0 unspecified atom stereocenters. The maximum Gasteiger partial charge on any atom is 0.270 e. The number of rotatable bonds is 10. The molecule has 2 amide bonds. The number of furan rings is 1. The number of nitro benzene ring substituents is 1. The van der Waals surface area contributed by atoms with Gasteiger partial charge in [-0.2, -0.15) is 0 Å². The third-order valence-corrected chi connectivity index (χ3v) is 6.12. The van der Waals surface area contributed by atoms with Gasteiger partial charge < -0.3 is 19.0 Å². The van der Waals surface area contributed by atoms with E-state index in [0.29, 0.717) is 25.3 Å². The predicted molar refractivity (Wildman–Crippen MR) is 122 cm³/mol. The van der Waals surface area contributed by atoms with Gasteiger partial charge >= 0.3 is 0 Å². The largest absolute Gasteiger partial charge is 0.467 e. The van der Waals surface area contributed by atoms with E-state index in [-0.39, 0.29) is 47.4 Å². The summed E-state index contributed by atoms with van der Waals surface area (Å²) in [6, 6.07) is 7.01. The number of amides is 2. The summed E-state index contributed by atoms with van der Waals surface area (Å²) >= 11 is 6.19. The Morgan fingerprint density at radius 3 is 2.70 bits per heavy atom. The maximum atomic E-state index is 13.4. The van der Waals surface area contributed by atoms with Gasteiger partial charge in [0.15, 0.2) is 0 Å². The quantitative estimate of drug-likeness (QED) is 0.373. The molecular weight excluding hydrogens is 450 g/mol. The molecule has 0 spiro atoms. The Labute approximate surface area is 197 Å². The van der Waals surface area contributed by atoms with Crippen LogP contribution in [0.1, 0.15) is 49.2 Å². The monoisotopic (exact) mass is 477 g/mol. The minimum atomic E-state index is -0.576. The van der Waals surface area contributed by atoms with E-state index in [0.717, 1.165) is 18.9 Å². The molecule has 2 aromatic rings. The number of nitrogens with zero attached hydrogens (tertiary/aromatic N) is 3. The van der Waals surface area contributed by atoms with Crippen LogP contribution in [0.2, 0.25) is 5.02 Å². The highest BCUT2D eigenvalue weighted by atomic mass is 35.5. The summed E-state index contributed by atoms with van der Waals surface area (Å²) in [5.74, 6) is -0.0533. The SMILES string of the molecule is CC[C@H](C)N(CC(=O)N(Cc1ccco1)C[C@@H]1CCCO1)C(=O)c1ccc([N+](=O)[O-])cc1Cl. The fraction of sp³-hybridized carbons (Fsp3) is 0.478. The molecule has 3 rings (SSSR count). The molecule has 0 aliphatic carbocycles. The van der Waals surface area contributed by atoms with Gasteiger partial charge in [-0.1, -0.05) is 18.5 Å². The molecule has 0 N–H and O–H groups in total. The van der Waals surface area contributed by atoms with Crippen LogP contribution in [0.4, 0.5) is 5.69 Å². The number of ether oxygens (including phenoxy) is 1. The summed E-state index contributed by atoms with van der Waals surface area (Å²) in [5, 5.41) is 11.0. The Bertz CT molecular complexity index is 975. The number of non-ortho nitro benzene ring substituents is 1. The minimum absolute atomic E-state index is 0.0262. The van der Waals surface area contributed by atoms with Crippen LogP contribution in [0.25, 0.3) is 0 Å². The molecule has 0 radical (unpaired) electrons. The number of hydrogen-bond acceptors (Lipinski definition) is 6. The van der Waals surface area contributed by atoms with E-state index in [9.17, 15) is 19.7 Å². The molecule has 0 bridgehead atoms. The second kappa shape index (κ2) is 11.3. The lowest BCUT2D eigenvalue weighted by atomic mass is 10.1. The molecule has 1 aliphatic rings. The van der Waals surface area contributed by atoms with Crippen LogP contribution in [0.15, 0.2) is 41.0 Å². The van der Waals surface area contributed by atoms with Gasteiger partial charge in [-0.3, -0.25) is 19.7 Å². The number of carbonyl (C=O) groups is 2. The number of halogens is 1. The topological polar surface area (TPSA) is 106 Å². The first-order chi connectivity index (χ1) is 15.8. The molecule has 178 valence electrons. The van der Waals surface area contributed by atoms with Crippen molar-refractivity contribution in [3.63, 3.8) is 0 Å². The van der Waals surface area contributed by atoms with Crippen molar-refractivity contribution in [1.29, 1.82) is 0 Å².